The first-order chi connectivity index (χ1) is 9.13. The van der Waals surface area contributed by atoms with Crippen LogP contribution in [0.4, 0.5) is 0 Å². The fraction of sp³-hybridized carbons (Fsp3) is 0.750. The van der Waals surface area contributed by atoms with Gasteiger partial charge in [0.15, 0.2) is 0 Å². The highest BCUT2D eigenvalue weighted by molar-refractivity contribution is 6.28. The monoisotopic (exact) mass is 283 g/mol. The molecule has 2 heterocycles. The van der Waals surface area contributed by atoms with Gasteiger partial charge in [0.25, 0.3) is 0 Å². The normalized spacial score (nSPS) is 26.9. The number of carbonyl (C=O) groups excluding carboxylic acids is 1. The molecule has 3 rings (SSSR count). The molecule has 0 aromatic carbocycles. The number of hydrogen-bond acceptors (Lipinski definition) is 4. The van der Waals surface area contributed by atoms with Crippen LogP contribution in [0.3, 0.4) is 0 Å². The quantitative estimate of drug-likeness (QED) is 0.846. The summed E-state index contributed by atoms with van der Waals surface area (Å²) >= 11 is 5.62. The zero-order chi connectivity index (χ0) is 13.4. The Morgan fingerprint density at radius 1 is 1.47 bits per heavy atom. The van der Waals surface area contributed by atoms with Crippen LogP contribution in [0.1, 0.15) is 25.1 Å². The summed E-state index contributed by atoms with van der Waals surface area (Å²) < 4.78 is 0. The van der Waals surface area contributed by atoms with Gasteiger partial charge < -0.3 is 10.6 Å². The highest BCUT2D eigenvalue weighted by Gasteiger charge is 2.41. The number of aromatic amines is 1. The predicted octanol–water partition coefficient (Wildman–Crippen LogP) is 0.586. The molecule has 1 saturated heterocycles. The van der Waals surface area contributed by atoms with E-state index in [0.717, 1.165) is 12.5 Å². The Labute approximate surface area is 116 Å². The number of rotatable bonds is 4. The number of nitrogens with two attached hydrogens (primary N) is 1. The van der Waals surface area contributed by atoms with E-state index in [1.807, 2.05) is 4.90 Å². The van der Waals surface area contributed by atoms with Gasteiger partial charge in [0.05, 0.1) is 0 Å². The van der Waals surface area contributed by atoms with E-state index in [0.29, 0.717) is 31.1 Å². The first-order valence-corrected chi connectivity index (χ1v) is 7.11. The molecule has 2 aliphatic rings. The van der Waals surface area contributed by atoms with Gasteiger partial charge in [-0.3, -0.25) is 9.89 Å². The lowest BCUT2D eigenvalue weighted by Crippen LogP contribution is -2.32. The number of nitrogens with one attached hydrogen (secondary N) is 1. The van der Waals surface area contributed by atoms with Gasteiger partial charge >= 0.3 is 0 Å². The smallest absolute Gasteiger partial charge is 0.242 e. The van der Waals surface area contributed by atoms with Crippen LogP contribution >= 0.6 is 11.6 Å². The molecule has 6 nitrogen and oxygen atoms in total. The summed E-state index contributed by atoms with van der Waals surface area (Å²) in [7, 11) is 0. The Hall–Kier alpha value is -1.14. The van der Waals surface area contributed by atoms with Crippen molar-refractivity contribution in [2.45, 2.75) is 31.7 Å². The number of likely N-dealkylation sites (tertiary alicyclic amines) is 1. The summed E-state index contributed by atoms with van der Waals surface area (Å²) in [5.74, 6) is 2.05. The van der Waals surface area contributed by atoms with Crippen LogP contribution in [0.15, 0.2) is 0 Å². The fourth-order valence-electron chi connectivity index (χ4n) is 2.85. The van der Waals surface area contributed by atoms with Crippen molar-refractivity contribution in [1.82, 2.24) is 20.1 Å². The van der Waals surface area contributed by atoms with Crippen molar-refractivity contribution < 1.29 is 4.79 Å². The number of halogens is 1. The third-order valence-electron chi connectivity index (χ3n) is 4.07. The van der Waals surface area contributed by atoms with Gasteiger partial charge in [-0.25, -0.2) is 4.98 Å². The van der Waals surface area contributed by atoms with Gasteiger partial charge in [-0.15, -0.1) is 5.10 Å². The molecule has 0 unspecified atom stereocenters. The molecular weight excluding hydrogens is 266 g/mol. The summed E-state index contributed by atoms with van der Waals surface area (Å²) in [5, 5.41) is 6.63. The van der Waals surface area contributed by atoms with Crippen LogP contribution in [-0.2, 0) is 11.2 Å². The molecule has 1 aliphatic carbocycles. The lowest BCUT2D eigenvalue weighted by Gasteiger charge is -2.15. The fourth-order valence-corrected chi connectivity index (χ4v) is 2.99. The molecule has 1 saturated carbocycles. The van der Waals surface area contributed by atoms with Crippen LogP contribution in [0.25, 0.3) is 0 Å². The second kappa shape index (κ2) is 5.09. The SMILES string of the molecule is N[C@@H]1CN(C(=O)CCc2nc(Cl)n[nH]2)C[C@H]1C1CC1. The van der Waals surface area contributed by atoms with Gasteiger partial charge in [0, 0.05) is 32.0 Å². The van der Waals surface area contributed by atoms with E-state index in [2.05, 4.69) is 15.2 Å². The Kier molecular flexibility index (Phi) is 3.45. The highest BCUT2D eigenvalue weighted by atomic mass is 35.5. The minimum Gasteiger partial charge on any atom is -0.341 e. The molecule has 0 bridgehead atoms. The van der Waals surface area contributed by atoms with Crippen LogP contribution in [0.2, 0.25) is 5.28 Å². The molecule has 1 aromatic rings. The maximum Gasteiger partial charge on any atom is 0.242 e. The third kappa shape index (κ3) is 2.90. The van der Waals surface area contributed by atoms with Crippen LogP contribution in [0, 0.1) is 11.8 Å². The van der Waals surface area contributed by atoms with Crippen molar-refractivity contribution in [3.05, 3.63) is 11.1 Å². The van der Waals surface area contributed by atoms with Crippen molar-refractivity contribution in [3.8, 4) is 0 Å². The highest BCUT2D eigenvalue weighted by Crippen LogP contribution is 2.40. The Morgan fingerprint density at radius 3 is 2.89 bits per heavy atom. The van der Waals surface area contributed by atoms with Gasteiger partial charge in [0.1, 0.15) is 5.82 Å². The number of amides is 1. The first kappa shape index (κ1) is 12.9. The van der Waals surface area contributed by atoms with Gasteiger partial charge in [-0.1, -0.05) is 0 Å². The van der Waals surface area contributed by atoms with Crippen molar-refractivity contribution >= 4 is 17.5 Å². The van der Waals surface area contributed by atoms with Gasteiger partial charge in [-0.2, -0.15) is 0 Å². The number of H-pyrrole nitrogens is 1. The first-order valence-electron chi connectivity index (χ1n) is 6.73. The largest absolute Gasteiger partial charge is 0.341 e. The van der Waals surface area contributed by atoms with Crippen molar-refractivity contribution in [1.29, 1.82) is 0 Å². The molecule has 1 aromatic heterocycles. The second-order valence-corrected chi connectivity index (χ2v) is 5.85. The molecule has 2 fully saturated rings. The minimum atomic E-state index is 0.145. The van der Waals surface area contributed by atoms with E-state index < -0.39 is 0 Å². The summed E-state index contributed by atoms with van der Waals surface area (Å²) in [6.07, 6.45) is 3.52. The molecule has 1 aliphatic heterocycles. The van der Waals surface area contributed by atoms with Crippen molar-refractivity contribution in [2.75, 3.05) is 13.1 Å². The molecule has 19 heavy (non-hydrogen) atoms. The molecule has 0 radical (unpaired) electrons. The average Bonchev–Trinajstić information content (AvgIpc) is 3.03. The summed E-state index contributed by atoms with van der Waals surface area (Å²) in [6, 6.07) is 0.149. The second-order valence-electron chi connectivity index (χ2n) is 5.51. The summed E-state index contributed by atoms with van der Waals surface area (Å²) in [5.41, 5.74) is 6.12. The number of aromatic nitrogens is 3. The van der Waals surface area contributed by atoms with E-state index in [9.17, 15) is 4.79 Å². The zero-order valence-electron chi connectivity index (χ0n) is 10.7. The van der Waals surface area contributed by atoms with E-state index in [-0.39, 0.29) is 17.2 Å². The maximum absolute atomic E-state index is 12.1. The van der Waals surface area contributed by atoms with E-state index in [4.69, 9.17) is 17.3 Å². The van der Waals surface area contributed by atoms with Gasteiger partial charge in [0.2, 0.25) is 11.2 Å². The van der Waals surface area contributed by atoms with E-state index in [1.165, 1.54) is 12.8 Å². The molecule has 104 valence electrons. The van der Waals surface area contributed by atoms with Gasteiger partial charge in [-0.05, 0) is 36.3 Å². The molecule has 3 N–H and O–H groups in total. The van der Waals surface area contributed by atoms with Crippen molar-refractivity contribution in [3.63, 3.8) is 0 Å². The minimum absolute atomic E-state index is 0.145. The lowest BCUT2D eigenvalue weighted by molar-refractivity contribution is -0.130. The summed E-state index contributed by atoms with van der Waals surface area (Å²) in [6.45, 7) is 1.51. The van der Waals surface area contributed by atoms with Crippen LogP contribution in [0.5, 0.6) is 0 Å². The maximum atomic E-state index is 12.1. The van der Waals surface area contributed by atoms with Crippen molar-refractivity contribution in [2.24, 2.45) is 17.6 Å². The number of hydrogen-bond donors (Lipinski definition) is 2. The number of aryl methyl sites for hydroxylation is 1. The standard InChI is InChI=1S/C12H18ClN5O/c13-12-15-10(16-17-12)3-4-11(19)18-5-8(7-1-2-7)9(14)6-18/h7-9H,1-6,14H2,(H,15,16,17)/t8-,9+/m0/s1. The molecular formula is C12H18ClN5O. The topological polar surface area (TPSA) is 87.9 Å². The Balaban J connectivity index is 1.50. The van der Waals surface area contributed by atoms with Crippen LogP contribution in [-0.4, -0.2) is 45.1 Å². The lowest BCUT2D eigenvalue weighted by atomic mass is 9.99. The molecule has 7 heteroatoms. The number of nitrogens with zero attached hydrogens (tertiary/aromatic N) is 3. The zero-order valence-corrected chi connectivity index (χ0v) is 11.4. The Bertz CT molecular complexity index is 472. The third-order valence-corrected chi connectivity index (χ3v) is 4.24. The molecule has 2 atom stereocenters. The molecule has 1 amide bonds. The summed E-state index contributed by atoms with van der Waals surface area (Å²) in [4.78, 5) is 18.0. The Morgan fingerprint density at radius 2 is 2.26 bits per heavy atom. The van der Waals surface area contributed by atoms with E-state index in [1.54, 1.807) is 0 Å². The van der Waals surface area contributed by atoms with E-state index >= 15 is 0 Å². The predicted molar refractivity (Wildman–Crippen MR) is 70.5 cm³/mol. The van der Waals surface area contributed by atoms with Crippen LogP contribution < -0.4 is 5.73 Å². The molecule has 0 spiro atoms. The average molecular weight is 284 g/mol. The number of carbonyl (C=O) groups is 1.